The van der Waals surface area contributed by atoms with E-state index in [2.05, 4.69) is 21.9 Å². The first-order valence-corrected chi connectivity index (χ1v) is 12.7. The molecule has 4 unspecified atom stereocenters. The summed E-state index contributed by atoms with van der Waals surface area (Å²) in [5.41, 5.74) is 7.99. The molecule has 0 spiro atoms. The van der Waals surface area contributed by atoms with Gasteiger partial charge in [0.2, 0.25) is 0 Å². The molecule has 10 nitrogen and oxygen atoms in total. The van der Waals surface area contributed by atoms with Crippen LogP contribution in [-0.2, 0) is 14.3 Å². The van der Waals surface area contributed by atoms with Gasteiger partial charge in [-0.2, -0.15) is 0 Å². The highest BCUT2D eigenvalue weighted by Gasteiger charge is 2.37. The van der Waals surface area contributed by atoms with E-state index in [1.807, 2.05) is 0 Å². The Balaban J connectivity index is 1.73. The summed E-state index contributed by atoms with van der Waals surface area (Å²) in [4.78, 5) is 40.8. The number of H-pyrrole nitrogens is 1. The molecule has 11 heteroatoms. The Hall–Kier alpha value is -2.65. The number of nitrogens with one attached hydrogen (secondary N) is 1. The minimum Gasteiger partial charge on any atom is -0.461 e. The standard InChI is InChI=1S/C24H38FN5O5/c1-3-4-5-6-7-8-9-10-11-12-13-18(25)23(32)34-16-20-19(28-29-26)14-21(35-20)30-15-17(2)22(31)27-24(30)33/h15,18-21H,3-14,16H2,1-2H3,(H,27,31,33). The van der Waals surface area contributed by atoms with Crippen molar-refractivity contribution in [1.82, 2.24) is 9.55 Å². The molecule has 196 valence electrons. The van der Waals surface area contributed by atoms with Crippen LogP contribution < -0.4 is 11.2 Å². The third kappa shape index (κ3) is 9.49. The largest absolute Gasteiger partial charge is 0.461 e. The monoisotopic (exact) mass is 495 g/mol. The minimum absolute atomic E-state index is 0.106. The van der Waals surface area contributed by atoms with E-state index in [4.69, 9.17) is 15.0 Å². The van der Waals surface area contributed by atoms with E-state index in [1.54, 1.807) is 6.92 Å². The molecule has 1 saturated heterocycles. The Bertz CT molecular complexity index is 958. The molecule has 0 saturated carbocycles. The van der Waals surface area contributed by atoms with E-state index in [1.165, 1.54) is 49.3 Å². The number of aromatic nitrogens is 2. The Morgan fingerprint density at radius 2 is 1.86 bits per heavy atom. The number of ether oxygens (including phenoxy) is 2. The summed E-state index contributed by atoms with van der Waals surface area (Å²) in [6.45, 7) is 3.45. The quantitative estimate of drug-likeness (QED) is 0.113. The predicted molar refractivity (Wildman–Crippen MR) is 130 cm³/mol. The number of aromatic amines is 1. The molecule has 4 atom stereocenters. The number of esters is 1. The topological polar surface area (TPSA) is 139 Å². The van der Waals surface area contributed by atoms with Crippen LogP contribution in [0.4, 0.5) is 4.39 Å². The fourth-order valence-corrected chi connectivity index (χ4v) is 4.21. The molecule has 1 aromatic rings. The highest BCUT2D eigenvalue weighted by Crippen LogP contribution is 2.30. The Kier molecular flexibility index (Phi) is 12.6. The molecule has 1 aliphatic heterocycles. The predicted octanol–water partition coefficient (Wildman–Crippen LogP) is 5.00. The Morgan fingerprint density at radius 1 is 1.23 bits per heavy atom. The number of carbonyl (C=O) groups excluding carboxylic acids is 1. The summed E-state index contributed by atoms with van der Waals surface area (Å²) in [7, 11) is 0. The van der Waals surface area contributed by atoms with Crippen LogP contribution in [0.25, 0.3) is 10.4 Å². The van der Waals surface area contributed by atoms with Crippen LogP contribution in [0.3, 0.4) is 0 Å². The van der Waals surface area contributed by atoms with E-state index >= 15 is 0 Å². The van der Waals surface area contributed by atoms with Crippen molar-refractivity contribution >= 4 is 5.97 Å². The summed E-state index contributed by atoms with van der Waals surface area (Å²) in [6.07, 6.45) is 9.46. The van der Waals surface area contributed by atoms with Gasteiger partial charge in [0.15, 0.2) is 6.17 Å². The fraction of sp³-hybridized carbons (Fsp3) is 0.792. The van der Waals surface area contributed by atoms with Gasteiger partial charge in [-0.15, -0.1) is 0 Å². The Labute approximate surface area is 204 Å². The molecule has 0 amide bonds. The molecule has 0 aliphatic carbocycles. The van der Waals surface area contributed by atoms with E-state index in [-0.39, 0.29) is 19.4 Å². The van der Waals surface area contributed by atoms with Crippen molar-refractivity contribution < 1.29 is 18.7 Å². The van der Waals surface area contributed by atoms with Crippen LogP contribution in [0.2, 0.25) is 0 Å². The lowest BCUT2D eigenvalue weighted by molar-refractivity contribution is -0.154. The first-order chi connectivity index (χ1) is 16.9. The summed E-state index contributed by atoms with van der Waals surface area (Å²) in [5.74, 6) is -0.968. The first-order valence-electron chi connectivity index (χ1n) is 12.7. The maximum atomic E-state index is 14.3. The number of hydrogen-bond acceptors (Lipinski definition) is 6. The Morgan fingerprint density at radius 3 is 2.49 bits per heavy atom. The van der Waals surface area contributed by atoms with Crippen LogP contribution >= 0.6 is 0 Å². The highest BCUT2D eigenvalue weighted by molar-refractivity contribution is 5.74. The number of hydrogen-bond donors (Lipinski definition) is 1. The fourth-order valence-electron chi connectivity index (χ4n) is 4.21. The van der Waals surface area contributed by atoms with Gasteiger partial charge in [0, 0.05) is 23.1 Å². The van der Waals surface area contributed by atoms with Crippen LogP contribution in [0.15, 0.2) is 20.9 Å². The average Bonchev–Trinajstić information content (AvgIpc) is 3.23. The summed E-state index contributed by atoms with van der Waals surface area (Å²) < 4.78 is 26.3. The molecule has 1 aromatic heterocycles. The van der Waals surface area contributed by atoms with E-state index in [0.717, 1.165) is 19.3 Å². The molecular formula is C24H38FN5O5. The van der Waals surface area contributed by atoms with Crippen LogP contribution in [-0.4, -0.2) is 40.4 Å². The van der Waals surface area contributed by atoms with Crippen molar-refractivity contribution in [3.63, 3.8) is 0 Å². The van der Waals surface area contributed by atoms with Gasteiger partial charge in [-0.05, 0) is 25.3 Å². The third-order valence-electron chi connectivity index (χ3n) is 6.32. The normalized spacial score (nSPS) is 20.4. The molecule has 35 heavy (non-hydrogen) atoms. The molecule has 1 aliphatic rings. The first kappa shape index (κ1) is 28.6. The lowest BCUT2D eigenvalue weighted by Crippen LogP contribution is -2.33. The van der Waals surface area contributed by atoms with E-state index < -0.39 is 41.8 Å². The van der Waals surface area contributed by atoms with Crippen LogP contribution in [0.1, 0.15) is 95.8 Å². The van der Waals surface area contributed by atoms with Gasteiger partial charge in [0.1, 0.15) is 18.9 Å². The second kappa shape index (κ2) is 15.4. The van der Waals surface area contributed by atoms with E-state index in [9.17, 15) is 18.8 Å². The number of azide groups is 1. The molecular weight excluding hydrogens is 457 g/mol. The number of nitrogens with zero attached hydrogens (tertiary/aromatic N) is 4. The maximum absolute atomic E-state index is 14.3. The molecule has 2 rings (SSSR count). The number of rotatable bonds is 16. The zero-order chi connectivity index (χ0) is 25.6. The lowest BCUT2D eigenvalue weighted by Gasteiger charge is -2.17. The van der Waals surface area contributed by atoms with Gasteiger partial charge in [0.25, 0.3) is 5.56 Å². The third-order valence-corrected chi connectivity index (χ3v) is 6.32. The zero-order valence-electron chi connectivity index (χ0n) is 20.8. The summed E-state index contributed by atoms with van der Waals surface area (Å²) in [5, 5.41) is 3.66. The second-order valence-corrected chi connectivity index (χ2v) is 9.18. The van der Waals surface area contributed by atoms with Gasteiger partial charge in [-0.3, -0.25) is 14.3 Å². The van der Waals surface area contributed by atoms with Gasteiger partial charge in [-0.25, -0.2) is 14.0 Å². The van der Waals surface area contributed by atoms with Crippen LogP contribution in [0, 0.1) is 6.92 Å². The average molecular weight is 496 g/mol. The van der Waals surface area contributed by atoms with Gasteiger partial charge in [-0.1, -0.05) is 69.8 Å². The summed E-state index contributed by atoms with van der Waals surface area (Å²) in [6, 6.07) is -0.711. The lowest BCUT2D eigenvalue weighted by atomic mass is 10.0. The van der Waals surface area contributed by atoms with Gasteiger partial charge >= 0.3 is 11.7 Å². The van der Waals surface area contributed by atoms with Crippen molar-refractivity contribution in [3.8, 4) is 0 Å². The molecule has 0 aromatic carbocycles. The number of unbranched alkanes of at least 4 members (excludes halogenated alkanes) is 9. The van der Waals surface area contributed by atoms with Crippen molar-refractivity contribution in [2.75, 3.05) is 6.61 Å². The molecule has 0 radical (unpaired) electrons. The van der Waals surface area contributed by atoms with Crippen molar-refractivity contribution in [2.45, 2.75) is 115 Å². The van der Waals surface area contributed by atoms with Gasteiger partial charge in [0.05, 0.1) is 6.04 Å². The maximum Gasteiger partial charge on any atom is 0.340 e. The van der Waals surface area contributed by atoms with Crippen molar-refractivity contribution in [1.29, 1.82) is 0 Å². The van der Waals surface area contributed by atoms with Gasteiger partial charge < -0.3 is 9.47 Å². The number of carbonyl (C=O) groups is 1. The zero-order valence-corrected chi connectivity index (χ0v) is 20.8. The van der Waals surface area contributed by atoms with Crippen molar-refractivity contribution in [3.05, 3.63) is 43.0 Å². The SMILES string of the molecule is CCCCCCCCCCCCC(F)C(=O)OCC1OC(n2cc(C)c(=O)[nH]c2=O)CC1N=[N+]=[N-]. The number of halogens is 1. The molecule has 2 heterocycles. The summed E-state index contributed by atoms with van der Waals surface area (Å²) >= 11 is 0. The molecule has 0 bridgehead atoms. The smallest absolute Gasteiger partial charge is 0.340 e. The second-order valence-electron chi connectivity index (χ2n) is 9.18. The van der Waals surface area contributed by atoms with E-state index in [0.29, 0.717) is 12.0 Å². The van der Waals surface area contributed by atoms with Crippen molar-refractivity contribution in [2.24, 2.45) is 5.11 Å². The minimum atomic E-state index is -1.72. The molecule has 1 fully saturated rings. The number of aryl methyl sites for hydroxylation is 1. The highest BCUT2D eigenvalue weighted by atomic mass is 19.1. The molecule has 1 N–H and O–H groups in total. The van der Waals surface area contributed by atoms with Crippen LogP contribution in [0.5, 0.6) is 0 Å². The number of alkyl halides is 1.